The van der Waals surface area contributed by atoms with E-state index in [0.29, 0.717) is 23.7 Å². The zero-order valence-corrected chi connectivity index (χ0v) is 14.5. The molecule has 20 heavy (non-hydrogen) atoms. The fraction of sp³-hybridized carbons (Fsp3) is 1.00. The number of nitrogens with one attached hydrogen (secondary N) is 1. The van der Waals surface area contributed by atoms with Crippen LogP contribution >= 0.6 is 0 Å². The summed E-state index contributed by atoms with van der Waals surface area (Å²) < 4.78 is 6.41. The third kappa shape index (κ3) is 6.58. The van der Waals surface area contributed by atoms with Gasteiger partial charge in [-0.3, -0.25) is 0 Å². The maximum Gasteiger partial charge on any atom is 0.0736 e. The molecule has 0 aromatic heterocycles. The molecule has 0 amide bonds. The lowest BCUT2D eigenvalue weighted by atomic mass is 9.74. The predicted molar refractivity (Wildman–Crippen MR) is 88.2 cm³/mol. The molecule has 2 nitrogen and oxygen atoms in total. The van der Waals surface area contributed by atoms with E-state index in [1.54, 1.807) is 0 Å². The Hall–Kier alpha value is -0.0800. The number of hydrogen-bond donors (Lipinski definition) is 1. The lowest BCUT2D eigenvalue weighted by molar-refractivity contribution is -0.0665. The largest absolute Gasteiger partial charge is 0.374 e. The van der Waals surface area contributed by atoms with Crippen LogP contribution in [0.3, 0.4) is 0 Å². The zero-order valence-electron chi connectivity index (χ0n) is 14.5. The van der Waals surface area contributed by atoms with E-state index in [4.69, 9.17) is 4.74 Å². The van der Waals surface area contributed by atoms with Crippen molar-refractivity contribution in [3.05, 3.63) is 0 Å². The minimum absolute atomic E-state index is 0.403. The molecule has 0 aromatic rings. The second-order valence-electron chi connectivity index (χ2n) is 7.41. The van der Waals surface area contributed by atoms with Crippen molar-refractivity contribution in [2.75, 3.05) is 6.54 Å². The molecule has 0 saturated heterocycles. The van der Waals surface area contributed by atoms with Crippen molar-refractivity contribution in [2.24, 2.45) is 5.41 Å². The Morgan fingerprint density at radius 1 is 1.20 bits per heavy atom. The monoisotopic (exact) mass is 283 g/mol. The van der Waals surface area contributed by atoms with Gasteiger partial charge in [-0.15, -0.1) is 0 Å². The van der Waals surface area contributed by atoms with Crippen LogP contribution in [0.25, 0.3) is 0 Å². The summed E-state index contributed by atoms with van der Waals surface area (Å²) in [7, 11) is 0. The Morgan fingerprint density at radius 3 is 2.60 bits per heavy atom. The van der Waals surface area contributed by atoms with Gasteiger partial charge in [0.25, 0.3) is 0 Å². The van der Waals surface area contributed by atoms with Gasteiger partial charge >= 0.3 is 0 Å². The minimum Gasteiger partial charge on any atom is -0.374 e. The van der Waals surface area contributed by atoms with E-state index in [1.807, 2.05) is 0 Å². The third-order valence-electron chi connectivity index (χ3n) is 4.67. The maximum absolute atomic E-state index is 6.41. The Bertz CT molecular complexity index is 252. The third-order valence-corrected chi connectivity index (χ3v) is 4.67. The molecule has 1 fully saturated rings. The molecule has 3 unspecified atom stereocenters. The summed E-state index contributed by atoms with van der Waals surface area (Å²) >= 11 is 0. The van der Waals surface area contributed by atoms with Gasteiger partial charge in [-0.2, -0.15) is 0 Å². The molecule has 1 aliphatic carbocycles. The van der Waals surface area contributed by atoms with Crippen LogP contribution in [0.5, 0.6) is 0 Å². The first kappa shape index (κ1) is 18.0. The quantitative estimate of drug-likeness (QED) is 0.606. The van der Waals surface area contributed by atoms with Crippen molar-refractivity contribution < 1.29 is 4.74 Å². The normalized spacial score (nSPS) is 27.4. The van der Waals surface area contributed by atoms with E-state index in [2.05, 4.69) is 39.9 Å². The summed E-state index contributed by atoms with van der Waals surface area (Å²) in [6.45, 7) is 12.6. The summed E-state index contributed by atoms with van der Waals surface area (Å²) in [6.07, 6.45) is 11.2. The standard InChI is InChI=1S/C18H37NO/c1-6-8-9-10-11-15(3)20-17-14-18(4,5)13-12-16(17)19-7-2/h15-17,19H,6-14H2,1-5H3. The molecule has 2 heteroatoms. The van der Waals surface area contributed by atoms with E-state index in [9.17, 15) is 0 Å². The average molecular weight is 284 g/mol. The van der Waals surface area contributed by atoms with E-state index < -0.39 is 0 Å². The van der Waals surface area contributed by atoms with E-state index in [-0.39, 0.29) is 0 Å². The molecule has 0 radical (unpaired) electrons. The highest BCUT2D eigenvalue weighted by atomic mass is 16.5. The lowest BCUT2D eigenvalue weighted by Gasteiger charge is -2.42. The van der Waals surface area contributed by atoms with Gasteiger partial charge in [0.2, 0.25) is 0 Å². The molecule has 0 spiro atoms. The molecule has 120 valence electrons. The summed E-state index contributed by atoms with van der Waals surface area (Å²) in [5.41, 5.74) is 0.443. The zero-order chi connectivity index (χ0) is 15.0. The van der Waals surface area contributed by atoms with Crippen LogP contribution in [0.1, 0.15) is 86.0 Å². The summed E-state index contributed by atoms with van der Waals surface area (Å²) in [4.78, 5) is 0. The number of hydrogen-bond acceptors (Lipinski definition) is 2. The van der Waals surface area contributed by atoms with Crippen molar-refractivity contribution in [1.82, 2.24) is 5.32 Å². The van der Waals surface area contributed by atoms with Crippen LogP contribution < -0.4 is 5.32 Å². The van der Waals surface area contributed by atoms with Gasteiger partial charge in [0.1, 0.15) is 0 Å². The molecule has 0 heterocycles. The topological polar surface area (TPSA) is 21.3 Å². The van der Waals surface area contributed by atoms with Crippen LogP contribution in [0.4, 0.5) is 0 Å². The van der Waals surface area contributed by atoms with E-state index in [0.717, 1.165) is 6.54 Å². The van der Waals surface area contributed by atoms with Crippen molar-refractivity contribution in [3.8, 4) is 0 Å². The maximum atomic E-state index is 6.41. The van der Waals surface area contributed by atoms with Gasteiger partial charge in [-0.1, -0.05) is 53.4 Å². The molecule has 1 rings (SSSR count). The van der Waals surface area contributed by atoms with Gasteiger partial charge in [-0.05, 0) is 44.6 Å². The first-order valence-corrected chi connectivity index (χ1v) is 8.87. The first-order chi connectivity index (χ1) is 9.48. The highest BCUT2D eigenvalue weighted by Gasteiger charge is 2.35. The first-order valence-electron chi connectivity index (χ1n) is 8.87. The number of ether oxygens (including phenoxy) is 1. The molecule has 1 aliphatic rings. The van der Waals surface area contributed by atoms with Crippen molar-refractivity contribution >= 4 is 0 Å². The fourth-order valence-corrected chi connectivity index (χ4v) is 3.38. The van der Waals surface area contributed by atoms with Crippen LogP contribution in [-0.4, -0.2) is 24.8 Å². The molecule has 3 atom stereocenters. The SMILES string of the molecule is CCCCCCC(C)OC1CC(C)(C)CCC1NCC. The Kier molecular flexibility index (Phi) is 8.13. The molecular formula is C18H37NO. The van der Waals surface area contributed by atoms with Crippen molar-refractivity contribution in [2.45, 2.75) is 104 Å². The number of likely N-dealkylation sites (N-methyl/N-ethyl adjacent to an activating group) is 1. The van der Waals surface area contributed by atoms with Crippen LogP contribution in [0, 0.1) is 5.41 Å². The molecule has 1 saturated carbocycles. The smallest absolute Gasteiger partial charge is 0.0736 e. The molecule has 0 bridgehead atoms. The van der Waals surface area contributed by atoms with Gasteiger partial charge in [0, 0.05) is 6.04 Å². The molecular weight excluding hydrogens is 246 g/mol. The van der Waals surface area contributed by atoms with E-state index in [1.165, 1.54) is 51.4 Å². The minimum atomic E-state index is 0.403. The Labute approximate surface area is 127 Å². The highest BCUT2D eigenvalue weighted by molar-refractivity contribution is 4.90. The second kappa shape index (κ2) is 9.04. The molecule has 0 aliphatic heterocycles. The lowest BCUT2D eigenvalue weighted by Crippen LogP contribution is -2.48. The second-order valence-corrected chi connectivity index (χ2v) is 7.41. The average Bonchev–Trinajstić information content (AvgIpc) is 2.38. The molecule has 1 N–H and O–H groups in total. The van der Waals surface area contributed by atoms with Gasteiger partial charge in [-0.25, -0.2) is 0 Å². The summed E-state index contributed by atoms with van der Waals surface area (Å²) in [6, 6.07) is 0.561. The van der Waals surface area contributed by atoms with Gasteiger partial charge in [0.05, 0.1) is 12.2 Å². The van der Waals surface area contributed by atoms with Crippen LogP contribution in [0.15, 0.2) is 0 Å². The van der Waals surface area contributed by atoms with Crippen LogP contribution in [-0.2, 0) is 4.74 Å². The van der Waals surface area contributed by atoms with E-state index >= 15 is 0 Å². The molecule has 0 aromatic carbocycles. The van der Waals surface area contributed by atoms with Crippen molar-refractivity contribution in [3.63, 3.8) is 0 Å². The van der Waals surface area contributed by atoms with Crippen LogP contribution in [0.2, 0.25) is 0 Å². The van der Waals surface area contributed by atoms with Crippen molar-refractivity contribution in [1.29, 1.82) is 0 Å². The van der Waals surface area contributed by atoms with Gasteiger partial charge < -0.3 is 10.1 Å². The number of rotatable bonds is 9. The Morgan fingerprint density at radius 2 is 1.95 bits per heavy atom. The Balaban J connectivity index is 2.39. The predicted octanol–water partition coefficient (Wildman–Crippen LogP) is 4.92. The highest BCUT2D eigenvalue weighted by Crippen LogP contribution is 2.37. The number of unbranched alkanes of at least 4 members (excludes halogenated alkanes) is 3. The summed E-state index contributed by atoms with van der Waals surface area (Å²) in [5.74, 6) is 0. The fourth-order valence-electron chi connectivity index (χ4n) is 3.38. The summed E-state index contributed by atoms with van der Waals surface area (Å²) in [5, 5.41) is 3.63. The van der Waals surface area contributed by atoms with Gasteiger partial charge in [0.15, 0.2) is 0 Å².